The number of ketones is 1. The fraction of sp³-hybridized carbons (Fsp3) is 0.125. The molecule has 0 aliphatic heterocycles. The van der Waals surface area contributed by atoms with E-state index >= 15 is 0 Å². The summed E-state index contributed by atoms with van der Waals surface area (Å²) in [5, 5.41) is 2.67. The lowest BCUT2D eigenvalue weighted by molar-refractivity contribution is -0.118. The molecule has 0 saturated heterocycles. The van der Waals surface area contributed by atoms with E-state index in [4.69, 9.17) is 10.5 Å². The van der Waals surface area contributed by atoms with Gasteiger partial charge in [0, 0.05) is 11.3 Å². The number of nitrogens with two attached hydrogens (primary N) is 1. The van der Waals surface area contributed by atoms with Crippen molar-refractivity contribution < 1.29 is 14.3 Å². The molecule has 0 radical (unpaired) electrons. The van der Waals surface area contributed by atoms with Crippen molar-refractivity contribution >= 4 is 17.4 Å². The van der Waals surface area contributed by atoms with Gasteiger partial charge in [-0.2, -0.15) is 0 Å². The molecular weight excluding hydrogens is 268 g/mol. The molecule has 2 aromatic rings. The molecule has 0 aliphatic carbocycles. The molecule has 0 bridgehead atoms. The smallest absolute Gasteiger partial charge is 0.262 e. The van der Waals surface area contributed by atoms with Crippen LogP contribution in [0, 0.1) is 0 Å². The zero-order chi connectivity index (χ0) is 15.1. The molecule has 108 valence electrons. The van der Waals surface area contributed by atoms with Crippen molar-refractivity contribution in [3.8, 4) is 5.75 Å². The SMILES string of the molecule is NCC(=O)c1cccc(NC(=O)COc2ccccc2)c1. The largest absolute Gasteiger partial charge is 0.484 e. The van der Waals surface area contributed by atoms with Gasteiger partial charge in [0.25, 0.3) is 5.91 Å². The Balaban J connectivity index is 1.92. The number of ether oxygens (including phenoxy) is 1. The van der Waals surface area contributed by atoms with E-state index in [0.29, 0.717) is 17.0 Å². The standard InChI is InChI=1S/C16H16N2O3/c17-10-15(19)12-5-4-6-13(9-12)18-16(20)11-21-14-7-2-1-3-8-14/h1-9H,10-11,17H2,(H,18,20). The number of nitrogens with one attached hydrogen (secondary N) is 1. The number of rotatable bonds is 6. The van der Waals surface area contributed by atoms with Crippen LogP contribution in [0.1, 0.15) is 10.4 Å². The van der Waals surface area contributed by atoms with E-state index in [2.05, 4.69) is 5.32 Å². The second-order valence-electron chi connectivity index (χ2n) is 4.36. The Kier molecular flexibility index (Phi) is 5.06. The minimum atomic E-state index is -0.295. The van der Waals surface area contributed by atoms with Gasteiger partial charge < -0.3 is 15.8 Å². The Morgan fingerprint density at radius 3 is 2.52 bits per heavy atom. The van der Waals surface area contributed by atoms with Crippen LogP contribution in [-0.4, -0.2) is 24.8 Å². The van der Waals surface area contributed by atoms with Gasteiger partial charge in [0.05, 0.1) is 6.54 Å². The highest BCUT2D eigenvalue weighted by molar-refractivity contribution is 5.99. The van der Waals surface area contributed by atoms with E-state index in [-0.39, 0.29) is 24.8 Å². The number of anilines is 1. The molecule has 0 heterocycles. The van der Waals surface area contributed by atoms with E-state index < -0.39 is 0 Å². The second kappa shape index (κ2) is 7.21. The molecule has 5 nitrogen and oxygen atoms in total. The summed E-state index contributed by atoms with van der Waals surface area (Å²) in [5.74, 6) is 0.155. The Morgan fingerprint density at radius 2 is 1.81 bits per heavy atom. The fourth-order valence-corrected chi connectivity index (χ4v) is 1.75. The van der Waals surface area contributed by atoms with Crippen molar-refractivity contribution in [3.05, 3.63) is 60.2 Å². The number of Topliss-reactive ketones (excluding diaryl/α,β-unsaturated/α-hetero) is 1. The Hall–Kier alpha value is -2.66. The van der Waals surface area contributed by atoms with E-state index in [1.165, 1.54) is 0 Å². The molecule has 0 saturated carbocycles. The number of hydrogen-bond donors (Lipinski definition) is 2. The third-order valence-electron chi connectivity index (χ3n) is 2.77. The minimum absolute atomic E-state index is 0.0610. The normalized spacial score (nSPS) is 9.95. The maximum absolute atomic E-state index is 11.8. The minimum Gasteiger partial charge on any atom is -0.484 e. The topological polar surface area (TPSA) is 81.4 Å². The summed E-state index contributed by atoms with van der Waals surface area (Å²) >= 11 is 0. The molecule has 5 heteroatoms. The van der Waals surface area contributed by atoms with Gasteiger partial charge in [-0.05, 0) is 24.3 Å². The summed E-state index contributed by atoms with van der Waals surface area (Å²) < 4.78 is 5.34. The lowest BCUT2D eigenvalue weighted by Crippen LogP contribution is -2.20. The first-order valence-corrected chi connectivity index (χ1v) is 6.50. The van der Waals surface area contributed by atoms with Crippen LogP contribution < -0.4 is 15.8 Å². The van der Waals surface area contributed by atoms with Crippen LogP contribution in [0.15, 0.2) is 54.6 Å². The molecule has 21 heavy (non-hydrogen) atoms. The van der Waals surface area contributed by atoms with Crippen LogP contribution >= 0.6 is 0 Å². The average Bonchev–Trinajstić information content (AvgIpc) is 2.53. The van der Waals surface area contributed by atoms with Gasteiger partial charge in [-0.3, -0.25) is 9.59 Å². The van der Waals surface area contributed by atoms with Gasteiger partial charge in [-0.15, -0.1) is 0 Å². The Morgan fingerprint density at radius 1 is 1.05 bits per heavy atom. The van der Waals surface area contributed by atoms with Crippen LogP contribution in [0.3, 0.4) is 0 Å². The molecule has 0 aromatic heterocycles. The monoisotopic (exact) mass is 284 g/mol. The fourth-order valence-electron chi connectivity index (χ4n) is 1.75. The second-order valence-corrected chi connectivity index (χ2v) is 4.36. The molecule has 0 fully saturated rings. The van der Waals surface area contributed by atoms with Gasteiger partial charge in [-0.1, -0.05) is 30.3 Å². The lowest BCUT2D eigenvalue weighted by Gasteiger charge is -2.08. The summed E-state index contributed by atoms with van der Waals surface area (Å²) in [6, 6.07) is 15.7. The van der Waals surface area contributed by atoms with Gasteiger partial charge in [0.15, 0.2) is 12.4 Å². The molecule has 0 unspecified atom stereocenters. The average molecular weight is 284 g/mol. The Bertz CT molecular complexity index is 626. The first kappa shape index (κ1) is 14.7. The Labute approximate surface area is 122 Å². The molecule has 2 rings (SSSR count). The van der Waals surface area contributed by atoms with Crippen LogP contribution in [0.4, 0.5) is 5.69 Å². The first-order valence-electron chi connectivity index (χ1n) is 6.50. The molecule has 3 N–H and O–H groups in total. The zero-order valence-electron chi connectivity index (χ0n) is 11.4. The number of hydrogen-bond acceptors (Lipinski definition) is 4. The van der Waals surface area contributed by atoms with Gasteiger partial charge >= 0.3 is 0 Å². The molecule has 0 atom stereocenters. The summed E-state index contributed by atoms with van der Waals surface area (Å²) in [5.41, 5.74) is 6.32. The van der Waals surface area contributed by atoms with E-state index in [9.17, 15) is 9.59 Å². The van der Waals surface area contributed by atoms with Crippen molar-refractivity contribution in [2.24, 2.45) is 5.73 Å². The van der Waals surface area contributed by atoms with Crippen LogP contribution in [-0.2, 0) is 4.79 Å². The number of carbonyl (C=O) groups excluding carboxylic acids is 2. The third-order valence-corrected chi connectivity index (χ3v) is 2.77. The predicted molar refractivity (Wildman–Crippen MR) is 80.4 cm³/mol. The van der Waals surface area contributed by atoms with E-state index in [1.54, 1.807) is 36.4 Å². The summed E-state index contributed by atoms with van der Waals surface area (Å²) in [6.45, 7) is -0.159. The summed E-state index contributed by atoms with van der Waals surface area (Å²) in [6.07, 6.45) is 0. The highest BCUT2D eigenvalue weighted by atomic mass is 16.5. The molecule has 1 amide bonds. The van der Waals surface area contributed by atoms with Crippen LogP contribution in [0.5, 0.6) is 5.75 Å². The first-order chi connectivity index (χ1) is 10.2. The third kappa shape index (κ3) is 4.43. The highest BCUT2D eigenvalue weighted by Gasteiger charge is 2.07. The quantitative estimate of drug-likeness (QED) is 0.793. The van der Waals surface area contributed by atoms with Crippen molar-refractivity contribution in [2.75, 3.05) is 18.5 Å². The molecule has 0 spiro atoms. The predicted octanol–water partition coefficient (Wildman–Crippen LogP) is 1.85. The summed E-state index contributed by atoms with van der Waals surface area (Å²) in [7, 11) is 0. The van der Waals surface area contributed by atoms with E-state index in [0.717, 1.165) is 0 Å². The number of amides is 1. The number of para-hydroxylation sites is 1. The number of carbonyl (C=O) groups is 2. The highest BCUT2D eigenvalue weighted by Crippen LogP contribution is 2.12. The van der Waals surface area contributed by atoms with Crippen LogP contribution in [0.25, 0.3) is 0 Å². The molecule has 2 aromatic carbocycles. The maximum Gasteiger partial charge on any atom is 0.262 e. The van der Waals surface area contributed by atoms with E-state index in [1.807, 2.05) is 18.2 Å². The zero-order valence-corrected chi connectivity index (χ0v) is 11.4. The van der Waals surface area contributed by atoms with Crippen molar-refractivity contribution in [2.45, 2.75) is 0 Å². The summed E-state index contributed by atoms with van der Waals surface area (Å²) in [4.78, 5) is 23.3. The van der Waals surface area contributed by atoms with Crippen LogP contribution in [0.2, 0.25) is 0 Å². The van der Waals surface area contributed by atoms with Gasteiger partial charge in [-0.25, -0.2) is 0 Å². The maximum atomic E-state index is 11.8. The van der Waals surface area contributed by atoms with Gasteiger partial charge in [0.2, 0.25) is 0 Å². The molecular formula is C16H16N2O3. The van der Waals surface area contributed by atoms with Gasteiger partial charge in [0.1, 0.15) is 5.75 Å². The molecule has 0 aliphatic rings. The van der Waals surface area contributed by atoms with Crippen molar-refractivity contribution in [1.29, 1.82) is 0 Å². The van der Waals surface area contributed by atoms with Crippen molar-refractivity contribution in [1.82, 2.24) is 0 Å². The lowest BCUT2D eigenvalue weighted by atomic mass is 10.1. The van der Waals surface area contributed by atoms with Crippen molar-refractivity contribution in [3.63, 3.8) is 0 Å². The number of benzene rings is 2.